The van der Waals surface area contributed by atoms with Crippen LogP contribution in [-0.4, -0.2) is 43.7 Å². The number of hydrogen-bond donors (Lipinski definition) is 3. The van der Waals surface area contributed by atoms with E-state index < -0.39 is 27.2 Å². The molecule has 178 valence electrons. The highest BCUT2D eigenvalue weighted by Crippen LogP contribution is 2.41. The largest absolute Gasteiger partial charge is 0.489 e. The molecular formula is C26H29N3O4S. The van der Waals surface area contributed by atoms with Gasteiger partial charge < -0.3 is 20.9 Å². The smallest absolute Gasteiger partial charge is 0.186 e. The zero-order valence-corrected chi connectivity index (χ0v) is 19.6. The summed E-state index contributed by atoms with van der Waals surface area (Å²) in [6, 6.07) is 15.9. The molecule has 34 heavy (non-hydrogen) atoms. The molecule has 4 N–H and O–H groups in total. The zero-order valence-electron chi connectivity index (χ0n) is 18.8. The van der Waals surface area contributed by atoms with Crippen LogP contribution in [0.5, 0.6) is 5.75 Å². The van der Waals surface area contributed by atoms with Crippen LogP contribution < -0.4 is 15.8 Å². The van der Waals surface area contributed by atoms with E-state index in [2.05, 4.69) is 10.3 Å². The minimum Gasteiger partial charge on any atom is -0.489 e. The van der Waals surface area contributed by atoms with Gasteiger partial charge in [-0.1, -0.05) is 30.3 Å². The molecule has 0 spiro atoms. The molecule has 0 bridgehead atoms. The number of rotatable bonds is 7. The third-order valence-electron chi connectivity index (χ3n) is 6.71. The van der Waals surface area contributed by atoms with Gasteiger partial charge in [-0.05, 0) is 60.2 Å². The number of fused-ring (bicyclic) bond motifs is 2. The fraction of sp³-hybridized carbons (Fsp3) is 0.346. The molecule has 7 nitrogen and oxygen atoms in total. The first kappa shape index (κ1) is 23.0. The Morgan fingerprint density at radius 3 is 2.82 bits per heavy atom. The third kappa shape index (κ3) is 4.46. The lowest BCUT2D eigenvalue weighted by atomic mass is 10.0. The van der Waals surface area contributed by atoms with Crippen molar-refractivity contribution >= 4 is 9.84 Å². The molecule has 0 saturated heterocycles. The summed E-state index contributed by atoms with van der Waals surface area (Å²) in [4.78, 5) is 4.33. The van der Waals surface area contributed by atoms with Gasteiger partial charge in [0.15, 0.2) is 9.84 Å². The van der Waals surface area contributed by atoms with Gasteiger partial charge in [0, 0.05) is 37.1 Å². The number of sulfone groups is 1. The number of nitrogens with zero attached hydrogens (tertiary/aromatic N) is 1. The topological polar surface area (TPSA) is 115 Å². The molecule has 4 atom stereocenters. The van der Waals surface area contributed by atoms with Crippen molar-refractivity contribution in [2.75, 3.05) is 13.1 Å². The number of hydrogen-bond acceptors (Lipinski definition) is 7. The van der Waals surface area contributed by atoms with E-state index in [1.54, 1.807) is 36.7 Å². The first-order chi connectivity index (χ1) is 16.4. The second-order valence-corrected chi connectivity index (χ2v) is 11.1. The van der Waals surface area contributed by atoms with Crippen molar-refractivity contribution in [1.29, 1.82) is 0 Å². The number of nitrogens with one attached hydrogen (secondary N) is 1. The average Bonchev–Trinajstić information content (AvgIpc) is 3.20. The highest BCUT2D eigenvalue weighted by Gasteiger charge is 2.40. The molecule has 0 radical (unpaired) electrons. The van der Waals surface area contributed by atoms with Crippen molar-refractivity contribution in [1.82, 2.24) is 10.3 Å². The molecule has 2 aromatic carbocycles. The number of nitrogens with two attached hydrogens (primary N) is 1. The Bertz CT molecular complexity index is 1270. The van der Waals surface area contributed by atoms with Crippen LogP contribution in [-0.2, 0) is 22.7 Å². The Kier molecular flexibility index (Phi) is 6.40. The Balaban J connectivity index is 1.24. The van der Waals surface area contributed by atoms with E-state index in [9.17, 15) is 13.5 Å². The van der Waals surface area contributed by atoms with Crippen LogP contribution in [0.1, 0.15) is 40.0 Å². The number of aliphatic hydroxyl groups excluding tert-OH is 1. The van der Waals surface area contributed by atoms with Crippen LogP contribution in [0.4, 0.5) is 0 Å². The third-order valence-corrected chi connectivity index (χ3v) is 8.89. The van der Waals surface area contributed by atoms with Crippen LogP contribution in [0, 0.1) is 0 Å². The van der Waals surface area contributed by atoms with E-state index in [0.29, 0.717) is 30.2 Å². The quantitative estimate of drug-likeness (QED) is 0.477. The van der Waals surface area contributed by atoms with Gasteiger partial charge in [0.25, 0.3) is 0 Å². The lowest BCUT2D eigenvalue weighted by Gasteiger charge is -2.27. The van der Waals surface area contributed by atoms with Gasteiger partial charge in [-0.25, -0.2) is 8.42 Å². The first-order valence-electron chi connectivity index (χ1n) is 11.6. The SMILES string of the molecule is NC1Cc2ccccc2C1S(=O)(=O)c1ccc2c(c1)CCC(CNCC(O)c1cccnc1)O2. The number of ether oxygens (including phenoxy) is 1. The summed E-state index contributed by atoms with van der Waals surface area (Å²) in [6.07, 6.45) is 4.70. The van der Waals surface area contributed by atoms with E-state index in [-0.39, 0.29) is 6.10 Å². The van der Waals surface area contributed by atoms with Gasteiger partial charge in [0.05, 0.1) is 11.0 Å². The van der Waals surface area contributed by atoms with Gasteiger partial charge in [0.2, 0.25) is 0 Å². The first-order valence-corrected chi connectivity index (χ1v) is 13.1. The Hall–Kier alpha value is -2.78. The van der Waals surface area contributed by atoms with E-state index in [1.165, 1.54) is 0 Å². The van der Waals surface area contributed by atoms with Crippen molar-refractivity contribution in [3.8, 4) is 5.75 Å². The molecule has 0 amide bonds. The van der Waals surface area contributed by atoms with Crippen LogP contribution in [0.15, 0.2) is 71.9 Å². The molecule has 3 aromatic rings. The summed E-state index contributed by atoms with van der Waals surface area (Å²) in [5.74, 6) is 0.709. The molecule has 2 aliphatic rings. The maximum atomic E-state index is 13.5. The van der Waals surface area contributed by atoms with Crippen molar-refractivity contribution in [2.45, 2.75) is 47.7 Å². The summed E-state index contributed by atoms with van der Waals surface area (Å²) in [6.45, 7) is 0.989. The summed E-state index contributed by atoms with van der Waals surface area (Å²) in [5.41, 5.74) is 9.76. The number of benzene rings is 2. The van der Waals surface area contributed by atoms with Crippen molar-refractivity contribution in [3.05, 3.63) is 89.2 Å². The van der Waals surface area contributed by atoms with Gasteiger partial charge >= 0.3 is 0 Å². The van der Waals surface area contributed by atoms with Gasteiger partial charge in [-0.15, -0.1) is 0 Å². The summed E-state index contributed by atoms with van der Waals surface area (Å²) in [5, 5.41) is 12.8. The molecule has 1 aliphatic carbocycles. The minimum absolute atomic E-state index is 0.0498. The lowest BCUT2D eigenvalue weighted by Crippen LogP contribution is -2.36. The summed E-state index contributed by atoms with van der Waals surface area (Å²) < 4.78 is 33.2. The number of aryl methyl sites for hydroxylation is 1. The van der Waals surface area contributed by atoms with Gasteiger partial charge in [-0.2, -0.15) is 0 Å². The second-order valence-electron chi connectivity index (χ2n) is 9.04. The van der Waals surface area contributed by atoms with Crippen molar-refractivity contribution in [2.24, 2.45) is 5.73 Å². The Morgan fingerprint density at radius 2 is 2.00 bits per heavy atom. The van der Waals surface area contributed by atoms with Crippen molar-refractivity contribution in [3.63, 3.8) is 0 Å². The maximum Gasteiger partial charge on any atom is 0.186 e. The molecule has 0 fully saturated rings. The normalized spacial score (nSPS) is 22.5. The standard InChI is InChI=1S/C26H29N3O4S/c27-23-13-17-4-1-2-6-22(17)26(23)34(31,32)21-9-10-25-18(12-21)7-8-20(33-25)15-29-16-24(30)19-5-3-11-28-14-19/h1-6,9-12,14,20,23-24,26,29-30H,7-8,13,15-16,27H2. The van der Waals surface area contributed by atoms with E-state index in [1.807, 2.05) is 30.3 Å². The predicted octanol–water partition coefficient (Wildman–Crippen LogP) is 2.50. The summed E-state index contributed by atoms with van der Waals surface area (Å²) in [7, 11) is -3.62. The van der Waals surface area contributed by atoms with Crippen LogP contribution >= 0.6 is 0 Å². The zero-order chi connectivity index (χ0) is 23.7. The van der Waals surface area contributed by atoms with E-state index in [0.717, 1.165) is 35.1 Å². The number of aliphatic hydroxyl groups is 1. The Labute approximate surface area is 199 Å². The van der Waals surface area contributed by atoms with Gasteiger partial charge in [-0.3, -0.25) is 4.98 Å². The van der Waals surface area contributed by atoms with Crippen LogP contribution in [0.25, 0.3) is 0 Å². The summed E-state index contributed by atoms with van der Waals surface area (Å²) >= 11 is 0. The monoisotopic (exact) mass is 479 g/mol. The van der Waals surface area contributed by atoms with Crippen molar-refractivity contribution < 1.29 is 18.3 Å². The highest BCUT2D eigenvalue weighted by atomic mass is 32.2. The molecular weight excluding hydrogens is 450 g/mol. The molecule has 4 unspecified atom stereocenters. The average molecular weight is 480 g/mol. The van der Waals surface area contributed by atoms with Crippen LogP contribution in [0.2, 0.25) is 0 Å². The molecule has 1 aromatic heterocycles. The molecule has 0 saturated carbocycles. The molecule has 1 aliphatic heterocycles. The maximum absolute atomic E-state index is 13.5. The number of aromatic nitrogens is 1. The molecule has 8 heteroatoms. The van der Waals surface area contributed by atoms with E-state index >= 15 is 0 Å². The van der Waals surface area contributed by atoms with Crippen LogP contribution in [0.3, 0.4) is 0 Å². The highest BCUT2D eigenvalue weighted by molar-refractivity contribution is 7.91. The fourth-order valence-corrected chi connectivity index (χ4v) is 6.93. The van der Waals surface area contributed by atoms with E-state index in [4.69, 9.17) is 10.5 Å². The molecule has 2 heterocycles. The fourth-order valence-electron chi connectivity index (χ4n) is 4.95. The second kappa shape index (κ2) is 9.46. The van der Waals surface area contributed by atoms with Gasteiger partial charge in [0.1, 0.15) is 17.1 Å². The molecule has 5 rings (SSSR count). The minimum atomic E-state index is -3.62. The predicted molar refractivity (Wildman–Crippen MR) is 129 cm³/mol. The number of pyridine rings is 1. The lowest BCUT2D eigenvalue weighted by molar-refractivity contribution is 0.146. The Morgan fingerprint density at radius 1 is 1.15 bits per heavy atom.